The summed E-state index contributed by atoms with van der Waals surface area (Å²) in [5.74, 6) is -0.327. The van der Waals surface area contributed by atoms with Gasteiger partial charge in [0.2, 0.25) is 0 Å². The van der Waals surface area contributed by atoms with Crippen LogP contribution in [0, 0.1) is 0 Å². The molecule has 4 aromatic rings. The second-order valence-electron chi connectivity index (χ2n) is 5.75. The third kappa shape index (κ3) is 3.87. The Morgan fingerprint density at radius 2 is 1.85 bits per heavy atom. The van der Waals surface area contributed by atoms with Gasteiger partial charge in [-0.05, 0) is 48.5 Å². The molecule has 1 heterocycles. The van der Waals surface area contributed by atoms with E-state index in [0.717, 1.165) is 25.3 Å². The molecule has 1 aromatic heterocycles. The number of amides is 1. The molecule has 0 unspecified atom stereocenters. The molecule has 4 rings (SSSR count). The van der Waals surface area contributed by atoms with Crippen molar-refractivity contribution < 1.29 is 4.79 Å². The maximum absolute atomic E-state index is 12.7. The zero-order valence-corrected chi connectivity index (χ0v) is 17.6. The van der Waals surface area contributed by atoms with E-state index in [2.05, 4.69) is 21.2 Å². The second kappa shape index (κ2) is 7.60. The SMILES string of the molecule is O=C(Nc1ccc(Br)cc1-c1nc2ccccc2s1)c1cc(Cl)ccc1Cl. The third-order valence-electron chi connectivity index (χ3n) is 3.93. The Balaban J connectivity index is 1.75. The first kappa shape index (κ1) is 18.4. The highest BCUT2D eigenvalue weighted by atomic mass is 79.9. The zero-order chi connectivity index (χ0) is 19.0. The van der Waals surface area contributed by atoms with E-state index < -0.39 is 0 Å². The lowest BCUT2D eigenvalue weighted by Gasteiger charge is -2.11. The minimum Gasteiger partial charge on any atom is -0.321 e. The smallest absolute Gasteiger partial charge is 0.257 e. The number of halogens is 3. The molecular formula is C20H11BrCl2N2OS. The number of rotatable bonds is 3. The van der Waals surface area contributed by atoms with Crippen LogP contribution in [0.2, 0.25) is 10.0 Å². The summed E-state index contributed by atoms with van der Waals surface area (Å²) in [5, 5.41) is 4.55. The Bertz CT molecular complexity index is 1140. The number of hydrogen-bond donors (Lipinski definition) is 1. The number of thiazole rings is 1. The molecule has 0 saturated carbocycles. The van der Waals surface area contributed by atoms with Crippen molar-refractivity contribution in [3.05, 3.63) is 80.7 Å². The number of carbonyl (C=O) groups excluding carboxylic acids is 1. The molecule has 0 aliphatic carbocycles. The van der Waals surface area contributed by atoms with E-state index in [1.807, 2.05) is 42.5 Å². The molecule has 0 spiro atoms. The monoisotopic (exact) mass is 476 g/mol. The van der Waals surface area contributed by atoms with Gasteiger partial charge in [0.15, 0.2) is 0 Å². The Morgan fingerprint density at radius 1 is 1.04 bits per heavy atom. The van der Waals surface area contributed by atoms with Crippen molar-refractivity contribution in [2.75, 3.05) is 5.32 Å². The van der Waals surface area contributed by atoms with Crippen molar-refractivity contribution in [1.29, 1.82) is 0 Å². The summed E-state index contributed by atoms with van der Waals surface area (Å²) >= 11 is 17.2. The minimum atomic E-state index is -0.327. The Kier molecular flexibility index (Phi) is 5.19. The summed E-state index contributed by atoms with van der Waals surface area (Å²) in [6, 6.07) is 18.4. The first-order valence-corrected chi connectivity index (χ1v) is 10.3. The lowest BCUT2D eigenvalue weighted by Crippen LogP contribution is -2.13. The van der Waals surface area contributed by atoms with Crippen molar-refractivity contribution in [3.8, 4) is 10.6 Å². The quantitative estimate of drug-likeness (QED) is 0.336. The van der Waals surface area contributed by atoms with Gasteiger partial charge < -0.3 is 5.32 Å². The lowest BCUT2D eigenvalue weighted by molar-refractivity contribution is 0.102. The molecule has 0 radical (unpaired) electrons. The molecule has 7 heteroatoms. The molecule has 1 amide bonds. The molecule has 3 aromatic carbocycles. The van der Waals surface area contributed by atoms with E-state index in [1.54, 1.807) is 29.5 Å². The predicted octanol–water partition coefficient (Wildman–Crippen LogP) is 7.28. The number of carbonyl (C=O) groups is 1. The van der Waals surface area contributed by atoms with Crippen molar-refractivity contribution in [3.63, 3.8) is 0 Å². The summed E-state index contributed by atoms with van der Waals surface area (Å²) in [7, 11) is 0. The molecular weight excluding hydrogens is 467 g/mol. The molecule has 1 N–H and O–H groups in total. The standard InChI is InChI=1S/C20H11BrCl2N2OS/c21-11-5-8-16(24-19(26)13-10-12(22)6-7-15(13)23)14(9-11)20-25-17-3-1-2-4-18(17)27-20/h1-10H,(H,24,26). The van der Waals surface area contributed by atoms with Crippen LogP contribution >= 0.6 is 50.5 Å². The molecule has 27 heavy (non-hydrogen) atoms. The normalized spacial score (nSPS) is 10.9. The van der Waals surface area contributed by atoms with Crippen LogP contribution < -0.4 is 5.32 Å². The maximum Gasteiger partial charge on any atom is 0.257 e. The first-order chi connectivity index (χ1) is 13.0. The number of nitrogens with zero attached hydrogens (tertiary/aromatic N) is 1. The van der Waals surface area contributed by atoms with E-state index in [0.29, 0.717) is 21.3 Å². The van der Waals surface area contributed by atoms with Gasteiger partial charge in [-0.15, -0.1) is 11.3 Å². The van der Waals surface area contributed by atoms with Gasteiger partial charge in [0.25, 0.3) is 5.91 Å². The minimum absolute atomic E-state index is 0.322. The van der Waals surface area contributed by atoms with Crippen LogP contribution in [-0.4, -0.2) is 10.9 Å². The van der Waals surface area contributed by atoms with Gasteiger partial charge in [-0.3, -0.25) is 4.79 Å². The molecule has 0 bridgehead atoms. The van der Waals surface area contributed by atoms with Gasteiger partial charge in [-0.2, -0.15) is 0 Å². The van der Waals surface area contributed by atoms with E-state index in [4.69, 9.17) is 28.2 Å². The van der Waals surface area contributed by atoms with Gasteiger partial charge >= 0.3 is 0 Å². The van der Waals surface area contributed by atoms with E-state index in [-0.39, 0.29) is 5.91 Å². The Morgan fingerprint density at radius 3 is 2.67 bits per heavy atom. The molecule has 0 fully saturated rings. The van der Waals surface area contributed by atoms with Gasteiger partial charge in [-0.25, -0.2) is 4.98 Å². The van der Waals surface area contributed by atoms with Crippen LogP contribution in [0.4, 0.5) is 5.69 Å². The van der Waals surface area contributed by atoms with E-state index in [9.17, 15) is 4.79 Å². The number of fused-ring (bicyclic) bond motifs is 1. The summed E-state index contributed by atoms with van der Waals surface area (Å²) < 4.78 is 1.98. The number of aromatic nitrogens is 1. The van der Waals surface area contributed by atoms with Crippen molar-refractivity contribution in [1.82, 2.24) is 4.98 Å². The topological polar surface area (TPSA) is 42.0 Å². The number of anilines is 1. The fraction of sp³-hybridized carbons (Fsp3) is 0. The fourth-order valence-corrected chi connectivity index (χ4v) is 4.38. The molecule has 134 valence electrons. The molecule has 0 aliphatic heterocycles. The molecule has 3 nitrogen and oxygen atoms in total. The predicted molar refractivity (Wildman–Crippen MR) is 117 cm³/mol. The van der Waals surface area contributed by atoms with E-state index >= 15 is 0 Å². The highest BCUT2D eigenvalue weighted by Crippen LogP contribution is 2.36. The second-order valence-corrected chi connectivity index (χ2v) is 8.54. The Labute approximate surface area is 178 Å². The summed E-state index contributed by atoms with van der Waals surface area (Å²) in [4.78, 5) is 17.4. The van der Waals surface area contributed by atoms with Crippen LogP contribution in [0.5, 0.6) is 0 Å². The van der Waals surface area contributed by atoms with Gasteiger partial charge in [0, 0.05) is 15.1 Å². The third-order valence-corrected chi connectivity index (χ3v) is 6.05. The summed E-state index contributed by atoms with van der Waals surface area (Å²) in [5.41, 5.74) is 2.73. The highest BCUT2D eigenvalue weighted by Gasteiger charge is 2.16. The number of para-hydroxylation sites is 1. The largest absolute Gasteiger partial charge is 0.321 e. The summed E-state index contributed by atoms with van der Waals surface area (Å²) in [6.45, 7) is 0. The highest BCUT2D eigenvalue weighted by molar-refractivity contribution is 9.10. The van der Waals surface area contributed by atoms with Crippen LogP contribution in [0.3, 0.4) is 0 Å². The Hall–Kier alpha value is -1.92. The van der Waals surface area contributed by atoms with Crippen LogP contribution in [-0.2, 0) is 0 Å². The zero-order valence-electron chi connectivity index (χ0n) is 13.7. The lowest BCUT2D eigenvalue weighted by atomic mass is 10.1. The van der Waals surface area contributed by atoms with Crippen molar-refractivity contribution in [2.24, 2.45) is 0 Å². The fourth-order valence-electron chi connectivity index (χ4n) is 2.65. The van der Waals surface area contributed by atoms with Gasteiger partial charge in [-0.1, -0.05) is 51.3 Å². The maximum atomic E-state index is 12.7. The van der Waals surface area contributed by atoms with E-state index in [1.165, 1.54) is 0 Å². The van der Waals surface area contributed by atoms with Crippen LogP contribution in [0.1, 0.15) is 10.4 Å². The number of benzene rings is 3. The average molecular weight is 478 g/mol. The molecule has 0 aliphatic rings. The number of nitrogens with one attached hydrogen (secondary N) is 1. The molecule has 0 atom stereocenters. The van der Waals surface area contributed by atoms with Crippen LogP contribution in [0.25, 0.3) is 20.8 Å². The van der Waals surface area contributed by atoms with Crippen molar-refractivity contribution in [2.45, 2.75) is 0 Å². The first-order valence-electron chi connectivity index (χ1n) is 7.93. The molecule has 0 saturated heterocycles. The van der Waals surface area contributed by atoms with Gasteiger partial charge in [0.1, 0.15) is 5.01 Å². The van der Waals surface area contributed by atoms with Crippen LogP contribution in [0.15, 0.2) is 65.1 Å². The van der Waals surface area contributed by atoms with Gasteiger partial charge in [0.05, 0.1) is 26.5 Å². The average Bonchev–Trinajstić information content (AvgIpc) is 3.09. The van der Waals surface area contributed by atoms with Crippen molar-refractivity contribution >= 4 is 72.3 Å². The number of hydrogen-bond acceptors (Lipinski definition) is 3. The summed E-state index contributed by atoms with van der Waals surface area (Å²) in [6.07, 6.45) is 0.